The lowest BCUT2D eigenvalue weighted by molar-refractivity contribution is -0.118. The number of benzene rings is 1. The van der Waals surface area contributed by atoms with Gasteiger partial charge in [-0.2, -0.15) is 0 Å². The molecule has 1 aromatic rings. The zero-order valence-electron chi connectivity index (χ0n) is 13.4. The number of rotatable bonds is 5. The number of alkyl carbamates (subject to hydrolysis) is 1. The molecule has 1 rings (SSSR count). The van der Waals surface area contributed by atoms with Gasteiger partial charge in [0.05, 0.1) is 0 Å². The summed E-state index contributed by atoms with van der Waals surface area (Å²) in [7, 11) is 0. The van der Waals surface area contributed by atoms with Crippen LogP contribution in [0.4, 0.5) is 4.79 Å². The van der Waals surface area contributed by atoms with Crippen LogP contribution in [0.25, 0.3) is 0 Å². The summed E-state index contributed by atoms with van der Waals surface area (Å²) in [6, 6.07) is 5.16. The normalized spacial score (nSPS) is 10.5. The molecule has 0 fully saturated rings. The molecule has 0 saturated heterocycles. The topological polar surface area (TPSA) is 64.6 Å². The summed E-state index contributed by atoms with van der Waals surface area (Å²) in [5.74, 6) is 2.88. The van der Waals surface area contributed by atoms with Crippen molar-refractivity contribution in [1.29, 1.82) is 0 Å². The Labute approximate surface area is 131 Å². The molecule has 0 aliphatic carbocycles. The number of ether oxygens (including phenoxy) is 2. The van der Waals surface area contributed by atoms with E-state index in [-0.39, 0.29) is 18.9 Å². The Bertz CT molecular complexity index is 594. The Kier molecular flexibility index (Phi) is 6.00. The third-order valence-corrected chi connectivity index (χ3v) is 2.49. The summed E-state index contributed by atoms with van der Waals surface area (Å²) in [4.78, 5) is 22.7. The average Bonchev–Trinajstić information content (AvgIpc) is 2.41. The Morgan fingerprint density at radius 2 is 2.00 bits per heavy atom. The number of carbonyl (C=O) groups excluding carboxylic acids is 2. The highest BCUT2D eigenvalue weighted by molar-refractivity contribution is 5.77. The van der Waals surface area contributed by atoms with Crippen LogP contribution in [0.5, 0.6) is 5.75 Å². The Hall–Kier alpha value is -2.48. The van der Waals surface area contributed by atoms with Crippen molar-refractivity contribution in [2.75, 3.05) is 6.61 Å². The first-order chi connectivity index (χ1) is 10.2. The molecule has 0 atom stereocenters. The van der Waals surface area contributed by atoms with E-state index in [9.17, 15) is 9.59 Å². The molecule has 1 aromatic carbocycles. The van der Waals surface area contributed by atoms with Gasteiger partial charge in [-0.25, -0.2) is 4.79 Å². The van der Waals surface area contributed by atoms with Gasteiger partial charge in [-0.05, 0) is 39.8 Å². The summed E-state index contributed by atoms with van der Waals surface area (Å²) in [5, 5.41) is 2.64. The summed E-state index contributed by atoms with van der Waals surface area (Å²) in [6.45, 7) is 6.96. The molecule has 1 amide bonds. The van der Waals surface area contributed by atoms with Crippen LogP contribution in [0.2, 0.25) is 0 Å². The van der Waals surface area contributed by atoms with Crippen molar-refractivity contribution in [3.05, 3.63) is 29.3 Å². The van der Waals surface area contributed by atoms with E-state index in [1.54, 1.807) is 39.0 Å². The van der Waals surface area contributed by atoms with Crippen molar-refractivity contribution in [2.45, 2.75) is 39.8 Å². The monoisotopic (exact) mass is 303 g/mol. The number of terminal acetylenes is 1. The van der Waals surface area contributed by atoms with Gasteiger partial charge in [0, 0.05) is 17.7 Å². The van der Waals surface area contributed by atoms with E-state index >= 15 is 0 Å². The SMILES string of the molecule is C#Cc1ccc(CNC(=O)OC(C)(C)C)c(OCC(C)=O)c1. The third-order valence-electron chi connectivity index (χ3n) is 2.49. The maximum atomic E-state index is 11.7. The summed E-state index contributed by atoms with van der Waals surface area (Å²) < 4.78 is 10.6. The van der Waals surface area contributed by atoms with Gasteiger partial charge in [-0.1, -0.05) is 12.0 Å². The second-order valence-corrected chi connectivity index (χ2v) is 5.81. The zero-order chi connectivity index (χ0) is 16.8. The predicted octanol–water partition coefficient (Wildman–Crippen LogP) is 2.66. The zero-order valence-corrected chi connectivity index (χ0v) is 13.4. The van der Waals surface area contributed by atoms with Gasteiger partial charge in [-0.3, -0.25) is 4.79 Å². The minimum Gasteiger partial charge on any atom is -0.485 e. The summed E-state index contributed by atoms with van der Waals surface area (Å²) in [5.41, 5.74) is 0.788. The van der Waals surface area contributed by atoms with Crippen molar-refractivity contribution >= 4 is 11.9 Å². The number of hydrogen-bond acceptors (Lipinski definition) is 4. The number of carbonyl (C=O) groups is 2. The Balaban J connectivity index is 2.78. The molecule has 0 aromatic heterocycles. The molecule has 0 bridgehead atoms. The van der Waals surface area contributed by atoms with Gasteiger partial charge in [0.15, 0.2) is 5.78 Å². The molecular formula is C17H21NO4. The molecule has 0 saturated carbocycles. The maximum Gasteiger partial charge on any atom is 0.407 e. The van der Waals surface area contributed by atoms with E-state index in [2.05, 4.69) is 11.2 Å². The molecule has 0 radical (unpaired) electrons. The van der Waals surface area contributed by atoms with E-state index < -0.39 is 11.7 Å². The largest absolute Gasteiger partial charge is 0.485 e. The summed E-state index contributed by atoms with van der Waals surface area (Å²) >= 11 is 0. The van der Waals surface area contributed by atoms with Crippen LogP contribution in [0.1, 0.15) is 38.8 Å². The van der Waals surface area contributed by atoms with Crippen molar-refractivity contribution < 1.29 is 19.1 Å². The number of amides is 1. The van der Waals surface area contributed by atoms with E-state index in [1.807, 2.05) is 0 Å². The molecule has 0 spiro atoms. The molecule has 5 heteroatoms. The fraction of sp³-hybridized carbons (Fsp3) is 0.412. The average molecular weight is 303 g/mol. The standard InChI is InChI=1S/C17H21NO4/c1-6-13-7-8-14(15(9-13)21-11-12(2)19)10-18-16(20)22-17(3,4)5/h1,7-9H,10-11H2,2-5H3,(H,18,20). The molecule has 5 nitrogen and oxygen atoms in total. The van der Waals surface area contributed by atoms with Crippen LogP contribution >= 0.6 is 0 Å². The van der Waals surface area contributed by atoms with Gasteiger partial charge >= 0.3 is 6.09 Å². The van der Waals surface area contributed by atoms with Crippen LogP contribution in [-0.4, -0.2) is 24.1 Å². The highest BCUT2D eigenvalue weighted by Crippen LogP contribution is 2.20. The minimum absolute atomic E-state index is 0.0482. The molecule has 0 aliphatic heterocycles. The number of Topliss-reactive ketones (excluding diaryl/α,β-unsaturated/α-hetero) is 1. The molecule has 22 heavy (non-hydrogen) atoms. The van der Waals surface area contributed by atoms with Crippen molar-refractivity contribution in [3.8, 4) is 18.1 Å². The first-order valence-electron chi connectivity index (χ1n) is 6.90. The highest BCUT2D eigenvalue weighted by Gasteiger charge is 2.16. The molecule has 1 N–H and O–H groups in total. The molecular weight excluding hydrogens is 282 g/mol. The lowest BCUT2D eigenvalue weighted by Gasteiger charge is -2.20. The molecule has 0 aliphatic rings. The van der Waals surface area contributed by atoms with Crippen molar-refractivity contribution in [1.82, 2.24) is 5.32 Å². The van der Waals surface area contributed by atoms with E-state index in [0.29, 0.717) is 16.9 Å². The number of nitrogens with one attached hydrogen (secondary N) is 1. The maximum absolute atomic E-state index is 11.7. The first-order valence-corrected chi connectivity index (χ1v) is 6.90. The van der Waals surface area contributed by atoms with Gasteiger partial charge in [0.25, 0.3) is 0 Å². The molecule has 0 unspecified atom stereocenters. The van der Waals surface area contributed by atoms with Gasteiger partial charge in [0.2, 0.25) is 0 Å². The van der Waals surface area contributed by atoms with E-state index in [1.165, 1.54) is 6.92 Å². The fourth-order valence-corrected chi connectivity index (χ4v) is 1.59. The minimum atomic E-state index is -0.564. The van der Waals surface area contributed by atoms with Crippen LogP contribution < -0.4 is 10.1 Å². The van der Waals surface area contributed by atoms with E-state index in [4.69, 9.17) is 15.9 Å². The van der Waals surface area contributed by atoms with Crippen molar-refractivity contribution in [3.63, 3.8) is 0 Å². The number of hydrogen-bond donors (Lipinski definition) is 1. The van der Waals surface area contributed by atoms with E-state index in [0.717, 1.165) is 0 Å². The van der Waals surface area contributed by atoms with Gasteiger partial charge in [0.1, 0.15) is 18.0 Å². The van der Waals surface area contributed by atoms with Crippen LogP contribution in [0.15, 0.2) is 18.2 Å². The quantitative estimate of drug-likeness (QED) is 0.849. The first kappa shape index (κ1) is 17.6. The molecule has 118 valence electrons. The van der Waals surface area contributed by atoms with Crippen molar-refractivity contribution in [2.24, 2.45) is 0 Å². The fourth-order valence-electron chi connectivity index (χ4n) is 1.59. The highest BCUT2D eigenvalue weighted by atomic mass is 16.6. The van der Waals surface area contributed by atoms with Gasteiger partial charge in [-0.15, -0.1) is 6.42 Å². The Morgan fingerprint density at radius 3 is 2.55 bits per heavy atom. The second kappa shape index (κ2) is 7.51. The Morgan fingerprint density at radius 1 is 1.32 bits per heavy atom. The molecule has 0 heterocycles. The summed E-state index contributed by atoms with van der Waals surface area (Å²) in [6.07, 6.45) is 4.83. The smallest absolute Gasteiger partial charge is 0.407 e. The lowest BCUT2D eigenvalue weighted by Crippen LogP contribution is -2.32. The van der Waals surface area contributed by atoms with Crippen LogP contribution in [-0.2, 0) is 16.1 Å². The van der Waals surface area contributed by atoms with Crippen LogP contribution in [0, 0.1) is 12.3 Å². The van der Waals surface area contributed by atoms with Crippen LogP contribution in [0.3, 0.4) is 0 Å². The predicted molar refractivity (Wildman–Crippen MR) is 83.6 cm³/mol. The lowest BCUT2D eigenvalue weighted by atomic mass is 10.1. The van der Waals surface area contributed by atoms with Gasteiger partial charge < -0.3 is 14.8 Å². The second-order valence-electron chi connectivity index (χ2n) is 5.81. The number of ketones is 1. The third kappa shape index (κ3) is 6.31.